The largest absolute Gasteiger partial charge is 0.515 e. The van der Waals surface area contributed by atoms with Crippen LogP contribution in [-0.2, 0) is 27.8 Å². The predicted octanol–water partition coefficient (Wildman–Crippen LogP) is 3.14. The minimum Gasteiger partial charge on any atom is -0.434 e. The number of aromatic nitrogens is 3. The van der Waals surface area contributed by atoms with Gasteiger partial charge in [0.2, 0.25) is 11.8 Å². The minimum atomic E-state index is -0.820. The van der Waals surface area contributed by atoms with Crippen LogP contribution in [0, 0.1) is 0 Å². The lowest BCUT2D eigenvalue weighted by Gasteiger charge is -2.20. The second-order valence-electron chi connectivity index (χ2n) is 7.42. The molecule has 3 aromatic rings. The lowest BCUT2D eigenvalue weighted by Crippen LogP contribution is -2.35. The number of rotatable bonds is 4. The Bertz CT molecular complexity index is 1200. The normalized spacial score (nSPS) is 18.3. The van der Waals surface area contributed by atoms with E-state index < -0.39 is 11.6 Å². The first-order valence-electron chi connectivity index (χ1n) is 9.90. The van der Waals surface area contributed by atoms with Crippen molar-refractivity contribution in [2.75, 3.05) is 17.2 Å². The number of anilines is 3. The Balaban J connectivity index is 1.36. The first kappa shape index (κ1) is 19.0. The van der Waals surface area contributed by atoms with Crippen molar-refractivity contribution >= 4 is 29.4 Å². The number of nitrogens with one attached hydrogen (secondary N) is 2. The summed E-state index contributed by atoms with van der Waals surface area (Å²) < 4.78 is 9.77. The molecular formula is C22H19N5O4. The van der Waals surface area contributed by atoms with E-state index in [0.717, 1.165) is 22.4 Å². The Labute approximate surface area is 177 Å². The average Bonchev–Trinajstić information content (AvgIpc) is 3.26. The second kappa shape index (κ2) is 7.35. The van der Waals surface area contributed by atoms with Crippen LogP contribution in [0.5, 0.6) is 5.88 Å². The standard InChI is InChI=1S/C22H19N5O4/c1-2-30-21(29)31-18-9-17(24-12-25-18)26-15-6-5-13-10-22(11-14(13)8-15)16-4-3-7-23-19(16)27-20(22)28/h3-9,12H,2,10-11H2,1H3,(H,23,27,28)(H,24,25,26). The minimum absolute atomic E-state index is 0.0107. The van der Waals surface area contributed by atoms with Crippen LogP contribution in [0.4, 0.5) is 22.1 Å². The molecule has 1 aromatic carbocycles. The van der Waals surface area contributed by atoms with E-state index in [4.69, 9.17) is 9.47 Å². The van der Waals surface area contributed by atoms with Crippen LogP contribution >= 0.6 is 0 Å². The maximum Gasteiger partial charge on any atom is 0.515 e. The highest BCUT2D eigenvalue weighted by Gasteiger charge is 2.51. The van der Waals surface area contributed by atoms with Crippen molar-refractivity contribution in [3.05, 3.63) is 65.6 Å². The van der Waals surface area contributed by atoms with E-state index in [1.54, 1.807) is 13.1 Å². The molecule has 9 nitrogen and oxygen atoms in total. The third-order valence-corrected chi connectivity index (χ3v) is 5.55. The van der Waals surface area contributed by atoms with Crippen LogP contribution in [0.25, 0.3) is 0 Å². The van der Waals surface area contributed by atoms with E-state index in [9.17, 15) is 9.59 Å². The van der Waals surface area contributed by atoms with Gasteiger partial charge in [-0.05, 0) is 49.1 Å². The molecule has 2 N–H and O–H groups in total. The first-order valence-corrected chi connectivity index (χ1v) is 9.90. The lowest BCUT2D eigenvalue weighted by molar-refractivity contribution is -0.120. The zero-order valence-electron chi connectivity index (χ0n) is 16.7. The number of ether oxygens (including phenoxy) is 2. The number of amides is 1. The lowest BCUT2D eigenvalue weighted by atomic mass is 9.79. The van der Waals surface area contributed by atoms with E-state index >= 15 is 0 Å². The molecule has 0 saturated carbocycles. The number of carbonyl (C=O) groups excluding carboxylic acids is 2. The quantitative estimate of drug-likeness (QED) is 0.622. The van der Waals surface area contributed by atoms with E-state index in [1.165, 1.54) is 12.4 Å². The summed E-state index contributed by atoms with van der Waals surface area (Å²) in [5, 5.41) is 6.11. The van der Waals surface area contributed by atoms with Crippen LogP contribution in [-0.4, -0.2) is 33.6 Å². The molecule has 2 aromatic heterocycles. The molecule has 2 aliphatic rings. The molecule has 1 unspecified atom stereocenters. The van der Waals surface area contributed by atoms with Gasteiger partial charge in [0.15, 0.2) is 0 Å². The smallest absolute Gasteiger partial charge is 0.434 e. The van der Waals surface area contributed by atoms with E-state index in [-0.39, 0.29) is 18.4 Å². The number of benzene rings is 1. The fraction of sp³-hybridized carbons (Fsp3) is 0.227. The third-order valence-electron chi connectivity index (χ3n) is 5.55. The molecule has 1 amide bonds. The van der Waals surface area contributed by atoms with Gasteiger partial charge in [0.05, 0.1) is 12.0 Å². The maximum absolute atomic E-state index is 12.8. The van der Waals surface area contributed by atoms with Crippen LogP contribution in [0.1, 0.15) is 23.6 Å². The number of carbonyl (C=O) groups is 2. The predicted molar refractivity (Wildman–Crippen MR) is 111 cm³/mol. The number of hydrogen-bond acceptors (Lipinski definition) is 8. The van der Waals surface area contributed by atoms with Crippen molar-refractivity contribution < 1.29 is 19.1 Å². The highest BCUT2D eigenvalue weighted by molar-refractivity contribution is 6.06. The molecule has 3 heterocycles. The van der Waals surface area contributed by atoms with Crippen molar-refractivity contribution in [2.45, 2.75) is 25.2 Å². The van der Waals surface area contributed by atoms with Crippen LogP contribution in [0.15, 0.2) is 48.9 Å². The van der Waals surface area contributed by atoms with Crippen molar-refractivity contribution in [2.24, 2.45) is 0 Å². The van der Waals surface area contributed by atoms with E-state index in [1.807, 2.05) is 30.3 Å². The Kier molecular flexibility index (Phi) is 4.50. The fourth-order valence-electron chi connectivity index (χ4n) is 4.19. The Morgan fingerprint density at radius 1 is 1.16 bits per heavy atom. The monoisotopic (exact) mass is 417 g/mol. The van der Waals surface area contributed by atoms with Crippen molar-refractivity contribution in [1.29, 1.82) is 0 Å². The molecule has 1 aliphatic heterocycles. The molecule has 0 saturated heterocycles. The number of fused-ring (bicyclic) bond motifs is 3. The van der Waals surface area contributed by atoms with Crippen molar-refractivity contribution in [1.82, 2.24) is 15.0 Å². The summed E-state index contributed by atoms with van der Waals surface area (Å²) in [5.74, 6) is 1.19. The first-order chi connectivity index (χ1) is 15.1. The highest BCUT2D eigenvalue weighted by atomic mass is 16.7. The van der Waals surface area contributed by atoms with Crippen LogP contribution < -0.4 is 15.4 Å². The highest BCUT2D eigenvalue weighted by Crippen LogP contribution is 2.47. The summed E-state index contributed by atoms with van der Waals surface area (Å²) in [6.07, 6.45) is 3.40. The van der Waals surface area contributed by atoms with Gasteiger partial charge in [-0.3, -0.25) is 4.79 Å². The molecule has 31 heavy (non-hydrogen) atoms. The van der Waals surface area contributed by atoms with Gasteiger partial charge in [0.25, 0.3) is 0 Å². The summed E-state index contributed by atoms with van der Waals surface area (Å²) in [4.78, 5) is 36.7. The molecule has 156 valence electrons. The number of pyridine rings is 1. The Morgan fingerprint density at radius 3 is 2.90 bits per heavy atom. The SMILES string of the molecule is CCOC(=O)Oc1cc(Nc2ccc3c(c2)CC2(C3)C(=O)Nc3ncccc32)ncn1. The summed E-state index contributed by atoms with van der Waals surface area (Å²) in [6, 6.07) is 11.3. The molecule has 0 fully saturated rings. The Morgan fingerprint density at radius 2 is 2.03 bits per heavy atom. The number of hydrogen-bond donors (Lipinski definition) is 2. The number of nitrogens with zero attached hydrogens (tertiary/aromatic N) is 3. The van der Waals surface area contributed by atoms with Crippen LogP contribution in [0.3, 0.4) is 0 Å². The third kappa shape index (κ3) is 3.33. The molecular weight excluding hydrogens is 398 g/mol. The van der Waals surface area contributed by atoms with Gasteiger partial charge >= 0.3 is 6.16 Å². The zero-order chi connectivity index (χ0) is 21.4. The molecule has 1 aliphatic carbocycles. The average molecular weight is 417 g/mol. The molecule has 5 rings (SSSR count). The van der Waals surface area contributed by atoms with Gasteiger partial charge in [0.1, 0.15) is 18.0 Å². The molecule has 1 spiro atoms. The van der Waals surface area contributed by atoms with Gasteiger partial charge < -0.3 is 20.1 Å². The van der Waals surface area contributed by atoms with E-state index in [0.29, 0.717) is 24.5 Å². The second-order valence-corrected chi connectivity index (χ2v) is 7.42. The Hall–Kier alpha value is -4.01. The van der Waals surface area contributed by atoms with E-state index in [2.05, 4.69) is 25.6 Å². The molecule has 9 heteroatoms. The molecule has 0 radical (unpaired) electrons. The topological polar surface area (TPSA) is 115 Å². The molecule has 0 bridgehead atoms. The van der Waals surface area contributed by atoms with Gasteiger partial charge in [-0.1, -0.05) is 12.1 Å². The van der Waals surface area contributed by atoms with Gasteiger partial charge in [-0.2, -0.15) is 0 Å². The molecule has 1 atom stereocenters. The van der Waals surface area contributed by atoms with Crippen molar-refractivity contribution in [3.63, 3.8) is 0 Å². The summed E-state index contributed by atoms with van der Waals surface area (Å²) >= 11 is 0. The van der Waals surface area contributed by atoms with Crippen LogP contribution in [0.2, 0.25) is 0 Å². The summed E-state index contributed by atoms with van der Waals surface area (Å²) in [6.45, 7) is 1.90. The van der Waals surface area contributed by atoms with Gasteiger partial charge in [0, 0.05) is 23.5 Å². The summed E-state index contributed by atoms with van der Waals surface area (Å²) in [5.41, 5.74) is 3.36. The zero-order valence-corrected chi connectivity index (χ0v) is 16.7. The van der Waals surface area contributed by atoms with Gasteiger partial charge in [-0.25, -0.2) is 19.7 Å². The maximum atomic E-state index is 12.8. The fourth-order valence-corrected chi connectivity index (χ4v) is 4.19. The van der Waals surface area contributed by atoms with Gasteiger partial charge in [-0.15, -0.1) is 0 Å². The summed E-state index contributed by atoms with van der Waals surface area (Å²) in [7, 11) is 0. The van der Waals surface area contributed by atoms with Crippen molar-refractivity contribution in [3.8, 4) is 5.88 Å².